The molecule has 0 aromatic heterocycles. The van der Waals surface area contributed by atoms with Crippen molar-refractivity contribution in [3.05, 3.63) is 57.7 Å². The topological polar surface area (TPSA) is 84.3 Å². The number of nitro benzene ring substituents is 1. The second kappa shape index (κ2) is 9.68. The largest absolute Gasteiger partial charge is 0.362 e. The minimum Gasteiger partial charge on any atom is -0.362 e. The van der Waals surface area contributed by atoms with Crippen molar-refractivity contribution in [3.8, 4) is 0 Å². The van der Waals surface area contributed by atoms with Crippen LogP contribution in [0.4, 0.5) is 5.69 Å². The zero-order valence-corrected chi connectivity index (χ0v) is 14.7. The quantitative estimate of drug-likeness (QED) is 0.267. The average Bonchev–Trinajstić information content (AvgIpc) is 2.61. The van der Waals surface area contributed by atoms with Crippen LogP contribution in [0.25, 0.3) is 6.08 Å². The van der Waals surface area contributed by atoms with E-state index in [-0.39, 0.29) is 16.7 Å². The van der Waals surface area contributed by atoms with Gasteiger partial charge >= 0.3 is 0 Å². The summed E-state index contributed by atoms with van der Waals surface area (Å²) in [6, 6.07) is 6.06. The first-order valence-corrected chi connectivity index (χ1v) is 8.64. The highest BCUT2D eigenvalue weighted by molar-refractivity contribution is 7.80. The summed E-state index contributed by atoms with van der Waals surface area (Å²) in [6.45, 7) is 0.694. The van der Waals surface area contributed by atoms with Gasteiger partial charge in [0.2, 0.25) is 5.91 Å². The number of nitrogens with one attached hydrogen (secondary N) is 2. The van der Waals surface area contributed by atoms with Crippen molar-refractivity contribution in [2.45, 2.75) is 32.1 Å². The summed E-state index contributed by atoms with van der Waals surface area (Å²) >= 11 is 5.10. The summed E-state index contributed by atoms with van der Waals surface area (Å²) in [7, 11) is 0. The molecule has 0 heterocycles. The Hall–Kier alpha value is -2.54. The highest BCUT2D eigenvalue weighted by Gasteiger charge is 2.06. The van der Waals surface area contributed by atoms with E-state index in [0.717, 1.165) is 19.3 Å². The molecule has 132 valence electrons. The number of nitro groups is 1. The monoisotopic (exact) mass is 359 g/mol. The van der Waals surface area contributed by atoms with E-state index < -0.39 is 4.92 Å². The maximum absolute atomic E-state index is 11.8. The minimum atomic E-state index is -0.474. The van der Waals surface area contributed by atoms with Gasteiger partial charge in [-0.05, 0) is 56.0 Å². The molecule has 0 unspecified atom stereocenters. The summed E-state index contributed by atoms with van der Waals surface area (Å²) in [4.78, 5) is 22.1. The van der Waals surface area contributed by atoms with Gasteiger partial charge in [0, 0.05) is 24.8 Å². The Bertz CT molecular complexity index is 713. The zero-order valence-electron chi connectivity index (χ0n) is 13.9. The summed E-state index contributed by atoms with van der Waals surface area (Å²) in [5.41, 5.74) is 2.00. The predicted octanol–water partition coefficient (Wildman–Crippen LogP) is 3.49. The van der Waals surface area contributed by atoms with Crippen LogP contribution in [-0.2, 0) is 4.79 Å². The van der Waals surface area contributed by atoms with Crippen LogP contribution < -0.4 is 10.6 Å². The highest BCUT2D eigenvalue weighted by Crippen LogP contribution is 2.19. The molecule has 1 aliphatic carbocycles. The molecule has 0 spiro atoms. The molecule has 1 aromatic rings. The normalized spacial score (nSPS) is 14.0. The maximum Gasteiger partial charge on any atom is 0.270 e. The van der Waals surface area contributed by atoms with E-state index in [0.29, 0.717) is 12.1 Å². The van der Waals surface area contributed by atoms with Crippen LogP contribution in [-0.4, -0.2) is 22.5 Å². The smallest absolute Gasteiger partial charge is 0.270 e. The van der Waals surface area contributed by atoms with E-state index in [2.05, 4.69) is 16.7 Å². The number of rotatable bonds is 6. The van der Waals surface area contributed by atoms with E-state index in [9.17, 15) is 14.9 Å². The van der Waals surface area contributed by atoms with Gasteiger partial charge in [0.15, 0.2) is 5.11 Å². The van der Waals surface area contributed by atoms with E-state index in [1.54, 1.807) is 12.1 Å². The third-order valence-electron chi connectivity index (χ3n) is 3.86. The summed E-state index contributed by atoms with van der Waals surface area (Å²) in [5, 5.41) is 16.6. The van der Waals surface area contributed by atoms with Gasteiger partial charge < -0.3 is 5.32 Å². The molecule has 25 heavy (non-hydrogen) atoms. The molecule has 0 bridgehead atoms. The summed E-state index contributed by atoms with van der Waals surface area (Å²) in [6.07, 6.45) is 10.8. The minimum absolute atomic E-state index is 0.0169. The van der Waals surface area contributed by atoms with Crippen molar-refractivity contribution in [1.29, 1.82) is 0 Å². The number of nitrogens with zero attached hydrogens (tertiary/aromatic N) is 1. The first-order chi connectivity index (χ1) is 12.0. The third kappa shape index (κ3) is 6.84. The van der Waals surface area contributed by atoms with E-state index >= 15 is 0 Å². The molecule has 6 nitrogen and oxygen atoms in total. The molecule has 2 rings (SSSR count). The molecule has 1 aromatic carbocycles. The molecule has 2 N–H and O–H groups in total. The fourth-order valence-corrected chi connectivity index (χ4v) is 2.78. The number of carbonyl (C=O) groups excluding carboxylic acids is 1. The second-order valence-corrected chi connectivity index (χ2v) is 6.20. The van der Waals surface area contributed by atoms with Gasteiger partial charge in [-0.15, -0.1) is 0 Å². The van der Waals surface area contributed by atoms with Gasteiger partial charge in [-0.1, -0.05) is 23.8 Å². The van der Waals surface area contributed by atoms with E-state index in [4.69, 9.17) is 12.2 Å². The molecule has 1 aliphatic rings. The number of hydrogen-bond acceptors (Lipinski definition) is 4. The number of thiocarbonyl (C=S) groups is 1. The first-order valence-electron chi connectivity index (χ1n) is 8.24. The summed E-state index contributed by atoms with van der Waals surface area (Å²) < 4.78 is 0. The molecule has 1 amide bonds. The van der Waals surface area contributed by atoms with Gasteiger partial charge in [0.1, 0.15) is 0 Å². The van der Waals surface area contributed by atoms with Crippen LogP contribution in [0.1, 0.15) is 37.7 Å². The Kier molecular flexibility index (Phi) is 7.28. The van der Waals surface area contributed by atoms with Gasteiger partial charge in [0.25, 0.3) is 5.69 Å². The van der Waals surface area contributed by atoms with Crippen molar-refractivity contribution in [2.24, 2.45) is 0 Å². The van der Waals surface area contributed by atoms with Crippen molar-refractivity contribution < 1.29 is 9.72 Å². The SMILES string of the molecule is O=C(/C=C/c1cccc([N+](=O)[O-])c1)NC(=S)NCCC1=CCCCC1. The lowest BCUT2D eigenvalue weighted by Gasteiger charge is -2.13. The standard InChI is InChI=1S/C18H21N3O3S/c22-17(10-9-15-7-4-8-16(13-15)21(23)24)20-18(25)19-12-11-14-5-2-1-3-6-14/h4-5,7-10,13H,1-3,6,11-12H2,(H2,19,20,22,25)/b10-9+. The van der Waals surface area contributed by atoms with E-state index in [1.807, 2.05) is 0 Å². The number of allylic oxidation sites excluding steroid dienone is 1. The Balaban J connectivity index is 1.75. The van der Waals surface area contributed by atoms with Crippen molar-refractivity contribution >= 4 is 35.0 Å². The summed E-state index contributed by atoms with van der Waals surface area (Å²) in [5.74, 6) is -0.374. The maximum atomic E-state index is 11.8. The van der Waals surface area contributed by atoms with Crippen LogP contribution in [0.2, 0.25) is 0 Å². The Morgan fingerprint density at radius 1 is 1.36 bits per heavy atom. The Morgan fingerprint density at radius 2 is 2.20 bits per heavy atom. The lowest BCUT2D eigenvalue weighted by Crippen LogP contribution is -2.38. The van der Waals surface area contributed by atoms with Gasteiger partial charge in [-0.3, -0.25) is 20.2 Å². The predicted molar refractivity (Wildman–Crippen MR) is 102 cm³/mol. The van der Waals surface area contributed by atoms with Gasteiger partial charge in [0.05, 0.1) is 4.92 Å². The first kappa shape index (κ1) is 18.8. The van der Waals surface area contributed by atoms with Crippen LogP contribution in [0.15, 0.2) is 42.0 Å². The van der Waals surface area contributed by atoms with Gasteiger partial charge in [-0.2, -0.15) is 0 Å². The average molecular weight is 359 g/mol. The number of non-ortho nitro benzene ring substituents is 1. The van der Waals surface area contributed by atoms with Crippen molar-refractivity contribution in [1.82, 2.24) is 10.6 Å². The van der Waals surface area contributed by atoms with Crippen LogP contribution in [0.3, 0.4) is 0 Å². The Labute approximate surface area is 152 Å². The number of benzene rings is 1. The fourth-order valence-electron chi connectivity index (χ4n) is 2.58. The molecule has 0 saturated carbocycles. The zero-order chi connectivity index (χ0) is 18.1. The molecular formula is C18H21N3O3S. The molecule has 0 radical (unpaired) electrons. The van der Waals surface area contributed by atoms with E-state index in [1.165, 1.54) is 42.7 Å². The number of amides is 1. The Morgan fingerprint density at radius 3 is 2.92 bits per heavy atom. The molecule has 0 aliphatic heterocycles. The van der Waals surface area contributed by atoms with Crippen molar-refractivity contribution in [2.75, 3.05) is 6.54 Å². The number of hydrogen-bond donors (Lipinski definition) is 2. The molecule has 0 saturated heterocycles. The molecular weight excluding hydrogens is 338 g/mol. The number of carbonyl (C=O) groups is 1. The molecule has 7 heteroatoms. The lowest BCUT2D eigenvalue weighted by molar-refractivity contribution is -0.384. The second-order valence-electron chi connectivity index (χ2n) is 5.79. The highest BCUT2D eigenvalue weighted by atomic mass is 32.1. The lowest BCUT2D eigenvalue weighted by atomic mass is 9.97. The fraction of sp³-hybridized carbons (Fsp3) is 0.333. The van der Waals surface area contributed by atoms with Crippen LogP contribution in [0.5, 0.6) is 0 Å². The molecule has 0 atom stereocenters. The van der Waals surface area contributed by atoms with Crippen LogP contribution in [0, 0.1) is 10.1 Å². The van der Waals surface area contributed by atoms with Crippen molar-refractivity contribution in [3.63, 3.8) is 0 Å². The molecule has 0 fully saturated rings. The third-order valence-corrected chi connectivity index (χ3v) is 4.11. The van der Waals surface area contributed by atoms with Crippen LogP contribution >= 0.6 is 12.2 Å². The van der Waals surface area contributed by atoms with Gasteiger partial charge in [-0.25, -0.2) is 0 Å².